The van der Waals surface area contributed by atoms with Crippen LogP contribution >= 0.6 is 15.9 Å². The quantitative estimate of drug-likeness (QED) is 0.879. The number of carbonyl (C=O) groups excluding carboxylic acids is 1. The molecule has 2 rings (SSSR count). The van der Waals surface area contributed by atoms with Crippen molar-refractivity contribution in [3.63, 3.8) is 0 Å². The second-order valence-electron chi connectivity index (χ2n) is 4.12. The zero-order valence-corrected chi connectivity index (χ0v) is 12.6. The monoisotopic (exact) mass is 334 g/mol. The number of anilines is 2. The van der Waals surface area contributed by atoms with Crippen molar-refractivity contribution in [3.8, 4) is 5.75 Å². The van der Waals surface area contributed by atoms with Crippen LogP contribution in [-0.2, 0) is 4.79 Å². The number of halogens is 1. The van der Waals surface area contributed by atoms with E-state index in [1.165, 1.54) is 0 Å². The van der Waals surface area contributed by atoms with Crippen molar-refractivity contribution in [3.05, 3.63) is 53.0 Å². The summed E-state index contributed by atoms with van der Waals surface area (Å²) in [4.78, 5) is 11.8. The minimum atomic E-state index is -0.106. The third-order valence-corrected chi connectivity index (χ3v) is 3.28. The molecule has 0 unspecified atom stereocenters. The van der Waals surface area contributed by atoms with Gasteiger partial charge in [-0.3, -0.25) is 4.79 Å². The predicted octanol–water partition coefficient (Wildman–Crippen LogP) is 3.51. The lowest BCUT2D eigenvalue weighted by Crippen LogP contribution is -2.21. The molecule has 0 spiro atoms. The van der Waals surface area contributed by atoms with E-state index >= 15 is 0 Å². The standard InChI is InChI=1S/C15H15BrN2O2/c1-20-14-8-7-12(9-13(14)16)18-15(19)10-17-11-5-3-2-4-6-11/h2-9,17H,10H2,1H3,(H,18,19). The Morgan fingerprint density at radius 2 is 1.90 bits per heavy atom. The molecule has 0 bridgehead atoms. The second kappa shape index (κ2) is 6.96. The molecule has 104 valence electrons. The molecule has 2 N–H and O–H groups in total. The van der Waals surface area contributed by atoms with Crippen LogP contribution in [0.15, 0.2) is 53.0 Å². The maximum absolute atomic E-state index is 11.8. The molecule has 0 aliphatic heterocycles. The predicted molar refractivity (Wildman–Crippen MR) is 84.3 cm³/mol. The first-order valence-electron chi connectivity index (χ1n) is 6.11. The van der Waals surface area contributed by atoms with Crippen molar-refractivity contribution in [1.82, 2.24) is 0 Å². The van der Waals surface area contributed by atoms with E-state index in [1.54, 1.807) is 25.3 Å². The van der Waals surface area contributed by atoms with E-state index in [-0.39, 0.29) is 12.5 Å². The number of ether oxygens (including phenoxy) is 1. The number of hydrogen-bond donors (Lipinski definition) is 2. The third-order valence-electron chi connectivity index (χ3n) is 2.66. The summed E-state index contributed by atoms with van der Waals surface area (Å²) in [6.45, 7) is 0.216. The molecule has 1 amide bonds. The van der Waals surface area contributed by atoms with Crippen molar-refractivity contribution in [2.75, 3.05) is 24.3 Å². The van der Waals surface area contributed by atoms with E-state index in [2.05, 4.69) is 26.6 Å². The summed E-state index contributed by atoms with van der Waals surface area (Å²) in [6, 6.07) is 15.0. The SMILES string of the molecule is COc1ccc(NC(=O)CNc2ccccc2)cc1Br. The molecule has 0 saturated carbocycles. The van der Waals surface area contributed by atoms with Gasteiger partial charge in [-0.05, 0) is 46.3 Å². The summed E-state index contributed by atoms with van der Waals surface area (Å²) in [5, 5.41) is 5.87. The Morgan fingerprint density at radius 3 is 2.55 bits per heavy atom. The maximum atomic E-state index is 11.8. The lowest BCUT2D eigenvalue weighted by atomic mass is 10.3. The highest BCUT2D eigenvalue weighted by Crippen LogP contribution is 2.27. The Balaban J connectivity index is 1.90. The van der Waals surface area contributed by atoms with Crippen LogP contribution in [0.3, 0.4) is 0 Å². The van der Waals surface area contributed by atoms with Gasteiger partial charge in [-0.25, -0.2) is 0 Å². The first-order valence-corrected chi connectivity index (χ1v) is 6.90. The highest BCUT2D eigenvalue weighted by molar-refractivity contribution is 9.10. The van der Waals surface area contributed by atoms with Gasteiger partial charge in [-0.1, -0.05) is 18.2 Å². The molecule has 5 heteroatoms. The van der Waals surface area contributed by atoms with E-state index in [4.69, 9.17) is 4.74 Å². The Hall–Kier alpha value is -2.01. The van der Waals surface area contributed by atoms with Crippen LogP contribution in [0.1, 0.15) is 0 Å². The zero-order chi connectivity index (χ0) is 14.4. The first-order chi connectivity index (χ1) is 9.69. The summed E-state index contributed by atoms with van der Waals surface area (Å²) in [5.41, 5.74) is 1.64. The summed E-state index contributed by atoms with van der Waals surface area (Å²) in [5.74, 6) is 0.622. The van der Waals surface area contributed by atoms with Gasteiger partial charge in [0.25, 0.3) is 0 Å². The summed E-state index contributed by atoms with van der Waals surface area (Å²) >= 11 is 3.38. The van der Waals surface area contributed by atoms with Gasteiger partial charge in [0.15, 0.2) is 0 Å². The van der Waals surface area contributed by atoms with Crippen LogP contribution < -0.4 is 15.4 Å². The van der Waals surface area contributed by atoms with Gasteiger partial charge in [0.1, 0.15) is 5.75 Å². The van der Waals surface area contributed by atoms with E-state index < -0.39 is 0 Å². The van der Waals surface area contributed by atoms with Gasteiger partial charge in [0, 0.05) is 11.4 Å². The van der Waals surface area contributed by atoms with Crippen LogP contribution in [0, 0.1) is 0 Å². The minimum absolute atomic E-state index is 0.106. The highest BCUT2D eigenvalue weighted by Gasteiger charge is 2.05. The molecule has 0 fully saturated rings. The molecule has 0 saturated heterocycles. The lowest BCUT2D eigenvalue weighted by Gasteiger charge is -2.09. The van der Waals surface area contributed by atoms with Crippen LogP contribution in [0.5, 0.6) is 5.75 Å². The van der Waals surface area contributed by atoms with E-state index in [0.717, 1.165) is 21.6 Å². The van der Waals surface area contributed by atoms with Crippen molar-refractivity contribution >= 4 is 33.2 Å². The first kappa shape index (κ1) is 14.4. The molecule has 0 heterocycles. The van der Waals surface area contributed by atoms with Gasteiger partial charge < -0.3 is 15.4 Å². The van der Waals surface area contributed by atoms with Gasteiger partial charge >= 0.3 is 0 Å². The average molecular weight is 335 g/mol. The van der Waals surface area contributed by atoms with Crippen molar-refractivity contribution in [2.24, 2.45) is 0 Å². The van der Waals surface area contributed by atoms with Crippen molar-refractivity contribution < 1.29 is 9.53 Å². The lowest BCUT2D eigenvalue weighted by molar-refractivity contribution is -0.114. The number of rotatable bonds is 5. The van der Waals surface area contributed by atoms with Gasteiger partial charge in [0.05, 0.1) is 18.1 Å². The smallest absolute Gasteiger partial charge is 0.243 e. The fourth-order valence-corrected chi connectivity index (χ4v) is 2.23. The molecule has 0 aliphatic rings. The third kappa shape index (κ3) is 3.99. The Labute approximate surface area is 126 Å². The summed E-state index contributed by atoms with van der Waals surface area (Å²) in [6.07, 6.45) is 0. The Kier molecular flexibility index (Phi) is 5.01. The van der Waals surface area contributed by atoms with Gasteiger partial charge in [0.2, 0.25) is 5.91 Å². The fraction of sp³-hybridized carbons (Fsp3) is 0.133. The summed E-state index contributed by atoms with van der Waals surface area (Å²) in [7, 11) is 1.60. The fourth-order valence-electron chi connectivity index (χ4n) is 1.69. The summed E-state index contributed by atoms with van der Waals surface area (Å²) < 4.78 is 5.94. The number of benzene rings is 2. The Morgan fingerprint density at radius 1 is 1.15 bits per heavy atom. The maximum Gasteiger partial charge on any atom is 0.243 e. The average Bonchev–Trinajstić information content (AvgIpc) is 2.46. The largest absolute Gasteiger partial charge is 0.496 e. The van der Waals surface area contributed by atoms with E-state index in [1.807, 2.05) is 30.3 Å². The van der Waals surface area contributed by atoms with Gasteiger partial charge in [-0.2, -0.15) is 0 Å². The molecule has 0 radical (unpaired) electrons. The number of carbonyl (C=O) groups is 1. The minimum Gasteiger partial charge on any atom is -0.496 e. The normalized spacial score (nSPS) is 9.90. The molecule has 0 aliphatic carbocycles. The van der Waals surface area contributed by atoms with Crippen LogP contribution in [0.2, 0.25) is 0 Å². The topological polar surface area (TPSA) is 50.4 Å². The molecule has 0 aromatic heterocycles. The number of methoxy groups -OCH3 is 1. The number of para-hydroxylation sites is 1. The molecule has 20 heavy (non-hydrogen) atoms. The molecule has 2 aromatic rings. The molecular weight excluding hydrogens is 320 g/mol. The Bertz CT molecular complexity index is 588. The molecule has 4 nitrogen and oxygen atoms in total. The van der Waals surface area contributed by atoms with Crippen molar-refractivity contribution in [2.45, 2.75) is 0 Å². The molecule has 2 aromatic carbocycles. The highest BCUT2D eigenvalue weighted by atomic mass is 79.9. The van der Waals surface area contributed by atoms with Crippen LogP contribution in [0.25, 0.3) is 0 Å². The molecular formula is C15H15BrN2O2. The van der Waals surface area contributed by atoms with Crippen molar-refractivity contribution in [1.29, 1.82) is 0 Å². The second-order valence-corrected chi connectivity index (χ2v) is 4.97. The molecule has 0 atom stereocenters. The van der Waals surface area contributed by atoms with E-state index in [0.29, 0.717) is 0 Å². The zero-order valence-electron chi connectivity index (χ0n) is 11.0. The van der Waals surface area contributed by atoms with E-state index in [9.17, 15) is 4.79 Å². The van der Waals surface area contributed by atoms with Crippen LogP contribution in [0.4, 0.5) is 11.4 Å². The number of amides is 1. The number of hydrogen-bond acceptors (Lipinski definition) is 3. The number of nitrogens with one attached hydrogen (secondary N) is 2. The van der Waals surface area contributed by atoms with Gasteiger partial charge in [-0.15, -0.1) is 0 Å². The van der Waals surface area contributed by atoms with Crippen LogP contribution in [-0.4, -0.2) is 19.6 Å².